The molecule has 0 bridgehead atoms. The van der Waals surface area contributed by atoms with Gasteiger partial charge in [0.15, 0.2) is 0 Å². The highest BCUT2D eigenvalue weighted by Gasteiger charge is 2.15. The molecule has 102 valence electrons. The molecule has 0 atom stereocenters. The van der Waals surface area contributed by atoms with Gasteiger partial charge in [0.1, 0.15) is 17.3 Å². The molecule has 0 unspecified atom stereocenters. The maximum atomic E-state index is 13.9. The van der Waals surface area contributed by atoms with Crippen molar-refractivity contribution in [3.8, 4) is 0 Å². The minimum absolute atomic E-state index is 0.0282. The van der Waals surface area contributed by atoms with Crippen LogP contribution in [0.1, 0.15) is 11.1 Å². The molecule has 2 N–H and O–H groups in total. The fourth-order valence-electron chi connectivity index (χ4n) is 1.88. The van der Waals surface area contributed by atoms with Crippen molar-refractivity contribution in [2.24, 2.45) is 5.73 Å². The van der Waals surface area contributed by atoms with Crippen LogP contribution in [0, 0.1) is 11.6 Å². The maximum Gasteiger partial charge on any atom is 0.149 e. The predicted octanol–water partition coefficient (Wildman–Crippen LogP) is 3.88. The highest BCUT2D eigenvalue weighted by Crippen LogP contribution is 2.27. The zero-order chi connectivity index (χ0) is 14.0. The van der Waals surface area contributed by atoms with Gasteiger partial charge >= 0.3 is 0 Å². The van der Waals surface area contributed by atoms with Crippen molar-refractivity contribution >= 4 is 33.0 Å². The number of hydrogen-bond donors (Lipinski definition) is 1. The van der Waals surface area contributed by atoms with Crippen LogP contribution in [-0.2, 0) is 13.1 Å². The third kappa shape index (κ3) is 3.32. The molecule has 0 saturated heterocycles. The van der Waals surface area contributed by atoms with Crippen molar-refractivity contribution in [3.05, 3.63) is 50.1 Å². The fraction of sp³-hybridized carbons (Fsp3) is 0.231. The highest BCUT2D eigenvalue weighted by atomic mass is 79.9. The third-order valence-corrected chi connectivity index (χ3v) is 4.29. The Balaban J connectivity index is 2.26. The van der Waals surface area contributed by atoms with Crippen molar-refractivity contribution in [2.45, 2.75) is 13.1 Å². The van der Waals surface area contributed by atoms with Gasteiger partial charge in [0.05, 0.1) is 3.79 Å². The molecule has 1 heterocycles. The summed E-state index contributed by atoms with van der Waals surface area (Å²) in [5, 5.41) is 1.95. The molecular weight excluding hydrogens is 334 g/mol. The maximum absolute atomic E-state index is 13.9. The lowest BCUT2D eigenvalue weighted by Crippen LogP contribution is -2.19. The van der Waals surface area contributed by atoms with Gasteiger partial charge in [-0.2, -0.15) is 0 Å². The Labute approximate surface area is 123 Å². The smallest absolute Gasteiger partial charge is 0.149 e. The van der Waals surface area contributed by atoms with Gasteiger partial charge in [-0.25, -0.2) is 8.78 Å². The lowest BCUT2D eigenvalue weighted by Gasteiger charge is -2.20. The van der Waals surface area contributed by atoms with Gasteiger partial charge in [-0.3, -0.25) is 0 Å². The Kier molecular flexibility index (Phi) is 4.54. The lowest BCUT2D eigenvalue weighted by molar-refractivity contribution is 0.573. The number of hydrogen-bond acceptors (Lipinski definition) is 3. The van der Waals surface area contributed by atoms with Crippen molar-refractivity contribution in [3.63, 3.8) is 0 Å². The van der Waals surface area contributed by atoms with Gasteiger partial charge < -0.3 is 10.6 Å². The van der Waals surface area contributed by atoms with E-state index in [4.69, 9.17) is 5.73 Å². The van der Waals surface area contributed by atoms with Crippen LogP contribution < -0.4 is 10.6 Å². The molecule has 1 aromatic carbocycles. The normalized spacial score (nSPS) is 10.8. The van der Waals surface area contributed by atoms with Crippen molar-refractivity contribution in [1.29, 1.82) is 0 Å². The number of halogens is 3. The first kappa shape index (κ1) is 14.4. The van der Waals surface area contributed by atoms with Crippen molar-refractivity contribution < 1.29 is 8.78 Å². The van der Waals surface area contributed by atoms with E-state index in [2.05, 4.69) is 15.9 Å². The predicted molar refractivity (Wildman–Crippen MR) is 78.4 cm³/mol. The number of anilines is 1. The van der Waals surface area contributed by atoms with Crippen LogP contribution in [0.15, 0.2) is 27.4 Å². The molecule has 0 aliphatic carbocycles. The number of rotatable bonds is 4. The monoisotopic (exact) mass is 346 g/mol. The van der Waals surface area contributed by atoms with E-state index in [1.807, 2.05) is 11.4 Å². The summed E-state index contributed by atoms with van der Waals surface area (Å²) in [5.41, 5.74) is 6.81. The molecular formula is C13H13BrF2N2S. The van der Waals surface area contributed by atoms with Gasteiger partial charge in [0.25, 0.3) is 0 Å². The number of nitrogens with two attached hydrogens (primary N) is 1. The molecule has 19 heavy (non-hydrogen) atoms. The minimum Gasteiger partial charge on any atom is -0.365 e. The van der Waals surface area contributed by atoms with Gasteiger partial charge in [-0.15, -0.1) is 11.3 Å². The molecule has 2 aromatic rings. The van der Waals surface area contributed by atoms with Gasteiger partial charge in [-0.05, 0) is 50.6 Å². The summed E-state index contributed by atoms with van der Waals surface area (Å²) in [4.78, 5) is 1.56. The van der Waals surface area contributed by atoms with Crippen LogP contribution in [0.25, 0.3) is 0 Å². The topological polar surface area (TPSA) is 29.3 Å². The van der Waals surface area contributed by atoms with Crippen molar-refractivity contribution in [1.82, 2.24) is 0 Å². The summed E-state index contributed by atoms with van der Waals surface area (Å²) in [5.74, 6) is -1.17. The number of nitrogens with zero attached hydrogens (tertiary/aromatic N) is 1. The second kappa shape index (κ2) is 5.98. The summed E-state index contributed by atoms with van der Waals surface area (Å²) in [6, 6.07) is 4.49. The molecule has 0 radical (unpaired) electrons. The molecule has 2 rings (SSSR count). The van der Waals surface area contributed by atoms with E-state index in [1.165, 1.54) is 12.1 Å². The molecule has 0 fully saturated rings. The molecule has 6 heteroatoms. The molecule has 0 saturated carbocycles. The first-order chi connectivity index (χ1) is 9.01. The van der Waals surface area contributed by atoms with Gasteiger partial charge in [0, 0.05) is 20.1 Å². The Bertz CT molecular complexity index is 563. The first-order valence-corrected chi connectivity index (χ1v) is 7.30. The summed E-state index contributed by atoms with van der Waals surface area (Å²) in [6.07, 6.45) is 0. The van der Waals surface area contributed by atoms with Gasteiger partial charge in [0.2, 0.25) is 0 Å². The average Bonchev–Trinajstić information content (AvgIpc) is 2.73. The number of thiophene rings is 1. The fourth-order valence-corrected chi connectivity index (χ4v) is 3.08. The highest BCUT2D eigenvalue weighted by molar-refractivity contribution is 9.11. The second-order valence-electron chi connectivity index (χ2n) is 4.23. The SMILES string of the molecule is CN(Cc1csc(Br)c1)c1c(F)cc(CN)cc1F. The lowest BCUT2D eigenvalue weighted by atomic mass is 10.1. The average molecular weight is 347 g/mol. The summed E-state index contributed by atoms with van der Waals surface area (Å²) in [6.45, 7) is 0.563. The minimum atomic E-state index is -0.586. The van der Waals surface area contributed by atoms with Crippen LogP contribution in [0.2, 0.25) is 0 Å². The molecule has 2 nitrogen and oxygen atoms in total. The zero-order valence-corrected chi connectivity index (χ0v) is 12.7. The molecule has 0 aliphatic rings. The largest absolute Gasteiger partial charge is 0.365 e. The van der Waals surface area contributed by atoms with Crippen molar-refractivity contribution in [2.75, 3.05) is 11.9 Å². The Morgan fingerprint density at radius 2 is 1.84 bits per heavy atom. The zero-order valence-electron chi connectivity index (χ0n) is 10.3. The van der Waals surface area contributed by atoms with Crippen LogP contribution in [0.4, 0.5) is 14.5 Å². The Hall–Kier alpha value is -0.980. The van der Waals surface area contributed by atoms with Gasteiger partial charge in [-0.1, -0.05) is 0 Å². The van der Waals surface area contributed by atoms with E-state index in [0.29, 0.717) is 12.1 Å². The van der Waals surface area contributed by atoms with Crippen LogP contribution in [0.3, 0.4) is 0 Å². The first-order valence-electron chi connectivity index (χ1n) is 5.63. The summed E-state index contributed by atoms with van der Waals surface area (Å²) < 4.78 is 28.8. The summed E-state index contributed by atoms with van der Waals surface area (Å²) in [7, 11) is 1.66. The van der Waals surface area contributed by atoms with Crippen LogP contribution in [-0.4, -0.2) is 7.05 Å². The Morgan fingerprint density at radius 1 is 1.21 bits per heavy atom. The second-order valence-corrected chi connectivity index (χ2v) is 6.52. The van der Waals surface area contributed by atoms with E-state index in [9.17, 15) is 8.78 Å². The van der Waals surface area contributed by atoms with Crippen LogP contribution in [0.5, 0.6) is 0 Å². The molecule has 0 spiro atoms. The molecule has 0 aliphatic heterocycles. The number of benzene rings is 1. The third-order valence-electron chi connectivity index (χ3n) is 2.74. The van der Waals surface area contributed by atoms with E-state index < -0.39 is 11.6 Å². The molecule has 1 aromatic heterocycles. The Morgan fingerprint density at radius 3 is 2.32 bits per heavy atom. The quantitative estimate of drug-likeness (QED) is 0.909. The standard InChI is InChI=1S/C13H13BrF2N2S/c1-18(6-9-4-12(14)19-7-9)13-10(15)2-8(5-17)3-11(13)16/h2-4,7H,5-6,17H2,1H3. The van der Waals surface area contributed by atoms with E-state index in [-0.39, 0.29) is 12.2 Å². The molecule has 0 amide bonds. The summed E-state index contributed by atoms with van der Waals surface area (Å²) >= 11 is 4.91. The van der Waals surface area contributed by atoms with Crippen LogP contribution >= 0.6 is 27.3 Å². The van der Waals surface area contributed by atoms with E-state index in [0.717, 1.165) is 9.35 Å². The van der Waals surface area contributed by atoms with E-state index in [1.54, 1.807) is 23.3 Å². The van der Waals surface area contributed by atoms with E-state index >= 15 is 0 Å².